The molecule has 3 amide bonds. The molecule has 4 rings (SSSR count). The third-order valence-corrected chi connectivity index (χ3v) is 5.45. The summed E-state index contributed by atoms with van der Waals surface area (Å²) < 4.78 is 0. The molecule has 2 aliphatic heterocycles. The molecular weight excluding hydrogens is 342 g/mol. The fourth-order valence-corrected chi connectivity index (χ4v) is 4.14. The van der Waals surface area contributed by atoms with Crippen LogP contribution in [0.4, 0.5) is 11.4 Å². The highest BCUT2D eigenvalue weighted by atomic mass is 16.2. The lowest BCUT2D eigenvalue weighted by molar-refractivity contribution is -0.128. The van der Waals surface area contributed by atoms with Gasteiger partial charge in [-0.2, -0.15) is 0 Å². The first-order valence-corrected chi connectivity index (χ1v) is 9.12. The Morgan fingerprint density at radius 3 is 2.56 bits per heavy atom. The quantitative estimate of drug-likeness (QED) is 0.912. The van der Waals surface area contributed by atoms with Crippen LogP contribution in [-0.4, -0.2) is 34.8 Å². The number of hydrogen-bond acceptors (Lipinski definition) is 3. The number of carbonyl (C=O) groups excluding carboxylic acids is 3. The smallest absolute Gasteiger partial charge is 0.271 e. The summed E-state index contributed by atoms with van der Waals surface area (Å²) in [6, 6.07) is 14.5. The molecule has 0 radical (unpaired) electrons. The van der Waals surface area contributed by atoms with Crippen LogP contribution in [0.15, 0.2) is 48.5 Å². The van der Waals surface area contributed by atoms with Gasteiger partial charge >= 0.3 is 0 Å². The lowest BCUT2D eigenvalue weighted by Gasteiger charge is -2.48. The molecule has 0 spiro atoms. The van der Waals surface area contributed by atoms with Crippen molar-refractivity contribution in [1.29, 1.82) is 0 Å². The normalized spacial score (nSPS) is 21.1. The van der Waals surface area contributed by atoms with Crippen LogP contribution in [0.2, 0.25) is 0 Å². The topological polar surface area (TPSA) is 69.7 Å². The van der Waals surface area contributed by atoms with Crippen LogP contribution < -0.4 is 10.2 Å². The lowest BCUT2D eigenvalue weighted by Crippen LogP contribution is -2.69. The Balaban J connectivity index is 1.85. The third-order valence-electron chi connectivity index (χ3n) is 5.45. The molecule has 0 bridgehead atoms. The number of nitrogens with one attached hydrogen (secondary N) is 1. The number of nitrogens with zero attached hydrogens (tertiary/aromatic N) is 2. The van der Waals surface area contributed by atoms with Gasteiger partial charge in [0, 0.05) is 25.1 Å². The summed E-state index contributed by atoms with van der Waals surface area (Å²) in [5, 5.41) is 2.95. The number of para-hydroxylation sites is 2. The number of fused-ring (bicyclic) bond motifs is 3. The Bertz CT molecular complexity index is 955. The van der Waals surface area contributed by atoms with E-state index in [0.29, 0.717) is 23.5 Å². The van der Waals surface area contributed by atoms with E-state index in [4.69, 9.17) is 0 Å². The molecule has 1 saturated heterocycles. The number of benzene rings is 2. The van der Waals surface area contributed by atoms with Crippen molar-refractivity contribution in [3.63, 3.8) is 0 Å². The van der Waals surface area contributed by atoms with E-state index in [1.165, 1.54) is 9.80 Å². The molecule has 2 aliphatic rings. The van der Waals surface area contributed by atoms with Crippen LogP contribution in [0, 0.1) is 6.92 Å². The van der Waals surface area contributed by atoms with Crippen LogP contribution in [0.5, 0.6) is 0 Å². The number of amides is 3. The Hall–Kier alpha value is -3.15. The maximum atomic E-state index is 13.5. The Morgan fingerprint density at radius 1 is 1.11 bits per heavy atom. The van der Waals surface area contributed by atoms with Crippen LogP contribution in [0.3, 0.4) is 0 Å². The van der Waals surface area contributed by atoms with Crippen molar-refractivity contribution >= 4 is 29.1 Å². The van der Waals surface area contributed by atoms with Crippen molar-refractivity contribution in [3.05, 3.63) is 59.7 Å². The van der Waals surface area contributed by atoms with Gasteiger partial charge in [0.05, 0.1) is 11.3 Å². The van der Waals surface area contributed by atoms with Gasteiger partial charge in [-0.3, -0.25) is 19.3 Å². The highest BCUT2D eigenvalue weighted by molar-refractivity contribution is 6.18. The molecule has 2 aromatic carbocycles. The van der Waals surface area contributed by atoms with Crippen molar-refractivity contribution in [2.45, 2.75) is 32.4 Å². The minimum Gasteiger partial charge on any atom is -0.322 e. The van der Waals surface area contributed by atoms with Gasteiger partial charge in [-0.25, -0.2) is 0 Å². The van der Waals surface area contributed by atoms with Gasteiger partial charge < -0.3 is 10.2 Å². The van der Waals surface area contributed by atoms with Crippen molar-refractivity contribution in [1.82, 2.24) is 4.90 Å². The van der Waals surface area contributed by atoms with Gasteiger partial charge in [-0.05, 0) is 37.6 Å². The predicted octanol–water partition coefficient (Wildman–Crippen LogP) is 2.93. The summed E-state index contributed by atoms with van der Waals surface area (Å²) in [4.78, 5) is 42.4. The molecule has 27 heavy (non-hydrogen) atoms. The first kappa shape index (κ1) is 17.3. The van der Waals surface area contributed by atoms with Gasteiger partial charge in [0.25, 0.3) is 11.8 Å². The fourth-order valence-electron chi connectivity index (χ4n) is 4.14. The van der Waals surface area contributed by atoms with E-state index in [0.717, 1.165) is 5.56 Å². The zero-order chi connectivity index (χ0) is 19.2. The molecule has 6 nitrogen and oxygen atoms in total. The highest BCUT2D eigenvalue weighted by Gasteiger charge is 2.60. The van der Waals surface area contributed by atoms with Crippen LogP contribution in [-0.2, 0) is 9.59 Å². The molecule has 1 atom stereocenters. The van der Waals surface area contributed by atoms with Crippen LogP contribution >= 0.6 is 0 Å². The molecule has 0 unspecified atom stereocenters. The minimum absolute atomic E-state index is 0.145. The summed E-state index contributed by atoms with van der Waals surface area (Å²) in [6.45, 7) is 4.07. The molecule has 0 aliphatic carbocycles. The first-order valence-electron chi connectivity index (χ1n) is 9.12. The van der Waals surface area contributed by atoms with Crippen molar-refractivity contribution in [2.24, 2.45) is 0 Å². The molecule has 2 aromatic rings. The Morgan fingerprint density at radius 2 is 1.81 bits per heavy atom. The van der Waals surface area contributed by atoms with Gasteiger partial charge in [-0.15, -0.1) is 0 Å². The van der Waals surface area contributed by atoms with Gasteiger partial charge in [0.15, 0.2) is 0 Å². The maximum Gasteiger partial charge on any atom is 0.271 e. The molecule has 138 valence electrons. The summed E-state index contributed by atoms with van der Waals surface area (Å²) >= 11 is 0. The standard InChI is InChI=1S/C21H21N3O3/c1-3-23-19(26)15-9-5-7-11-17(15)24-18(25)12-13-21(23,24)20(27)22-16-10-6-4-8-14(16)2/h4-11H,3,12-13H2,1-2H3,(H,22,27)/t21-/m0/s1. The Labute approximate surface area is 157 Å². The SMILES string of the molecule is CCN1C(=O)c2ccccc2N2C(=O)CC[C@]12C(=O)Nc1ccccc1C. The first-order chi connectivity index (χ1) is 13.0. The van der Waals surface area contributed by atoms with E-state index in [-0.39, 0.29) is 30.6 Å². The Kier molecular flexibility index (Phi) is 3.98. The van der Waals surface area contributed by atoms with Gasteiger partial charge in [-0.1, -0.05) is 30.3 Å². The number of carbonyl (C=O) groups is 3. The maximum absolute atomic E-state index is 13.5. The third kappa shape index (κ3) is 2.36. The molecule has 1 N–H and O–H groups in total. The summed E-state index contributed by atoms with van der Waals surface area (Å²) in [6.07, 6.45) is 0.497. The van der Waals surface area contributed by atoms with E-state index < -0.39 is 5.66 Å². The number of likely N-dealkylation sites (N-methyl/N-ethyl adjacent to an activating group) is 1. The highest BCUT2D eigenvalue weighted by Crippen LogP contribution is 2.44. The molecule has 1 fully saturated rings. The molecule has 6 heteroatoms. The average molecular weight is 363 g/mol. The van der Waals surface area contributed by atoms with Crippen molar-refractivity contribution in [3.8, 4) is 0 Å². The monoisotopic (exact) mass is 363 g/mol. The second kappa shape index (κ2) is 6.23. The zero-order valence-electron chi connectivity index (χ0n) is 15.4. The molecule has 0 aromatic heterocycles. The average Bonchev–Trinajstić information content (AvgIpc) is 3.02. The predicted molar refractivity (Wildman–Crippen MR) is 102 cm³/mol. The van der Waals surface area contributed by atoms with Gasteiger partial charge in [0.1, 0.15) is 0 Å². The number of aryl methyl sites for hydroxylation is 1. The van der Waals surface area contributed by atoms with Crippen molar-refractivity contribution < 1.29 is 14.4 Å². The number of hydrogen-bond donors (Lipinski definition) is 1. The largest absolute Gasteiger partial charge is 0.322 e. The van der Waals surface area contributed by atoms with Crippen LogP contribution in [0.1, 0.15) is 35.7 Å². The number of anilines is 2. The molecular formula is C21H21N3O3. The fraction of sp³-hybridized carbons (Fsp3) is 0.286. The lowest BCUT2D eigenvalue weighted by atomic mass is 9.95. The second-order valence-corrected chi connectivity index (χ2v) is 6.88. The van der Waals surface area contributed by atoms with Crippen LogP contribution in [0.25, 0.3) is 0 Å². The minimum atomic E-state index is -1.33. The zero-order valence-corrected chi connectivity index (χ0v) is 15.4. The van der Waals surface area contributed by atoms with E-state index in [2.05, 4.69) is 5.32 Å². The molecule has 0 saturated carbocycles. The van der Waals surface area contributed by atoms with E-state index in [9.17, 15) is 14.4 Å². The second-order valence-electron chi connectivity index (χ2n) is 6.88. The summed E-state index contributed by atoms with van der Waals surface area (Å²) in [7, 11) is 0. The number of rotatable bonds is 3. The van der Waals surface area contributed by atoms with E-state index in [1.54, 1.807) is 24.3 Å². The summed E-state index contributed by atoms with van der Waals surface area (Å²) in [5.41, 5.74) is 1.23. The summed E-state index contributed by atoms with van der Waals surface area (Å²) in [5.74, 6) is -0.723. The van der Waals surface area contributed by atoms with Gasteiger partial charge in [0.2, 0.25) is 11.6 Å². The van der Waals surface area contributed by atoms with E-state index >= 15 is 0 Å². The van der Waals surface area contributed by atoms with E-state index in [1.807, 2.05) is 38.1 Å². The van der Waals surface area contributed by atoms with Crippen molar-refractivity contribution in [2.75, 3.05) is 16.8 Å². The molecule has 2 heterocycles.